The zero-order valence-corrected chi connectivity index (χ0v) is 28.6. The zero-order chi connectivity index (χ0) is 32.8. The molecule has 11 rings (SSSR count). The van der Waals surface area contributed by atoms with Gasteiger partial charge in [-0.25, -0.2) is 0 Å². The van der Waals surface area contributed by atoms with E-state index >= 15 is 0 Å². The van der Waals surface area contributed by atoms with Gasteiger partial charge in [-0.3, -0.25) is 0 Å². The van der Waals surface area contributed by atoms with Crippen LogP contribution in [0.25, 0.3) is 106 Å². The van der Waals surface area contributed by atoms with E-state index in [0.717, 1.165) is 0 Å². The molecule has 0 aliphatic rings. The van der Waals surface area contributed by atoms with E-state index in [1.54, 1.807) is 0 Å². The molecule has 232 valence electrons. The Hall–Kier alpha value is -5.80. The van der Waals surface area contributed by atoms with Crippen LogP contribution in [0.15, 0.2) is 170 Å². The number of hydrogen-bond acceptors (Lipinski definition) is 2. The number of thiophene rings is 2. The van der Waals surface area contributed by atoms with Crippen molar-refractivity contribution in [3.8, 4) is 33.4 Å². The van der Waals surface area contributed by atoms with Crippen molar-refractivity contribution in [1.29, 1.82) is 0 Å². The first-order valence-corrected chi connectivity index (χ1v) is 18.7. The van der Waals surface area contributed by atoms with Gasteiger partial charge in [0.1, 0.15) is 0 Å². The number of rotatable bonds is 3. The van der Waals surface area contributed by atoms with Crippen molar-refractivity contribution in [2.24, 2.45) is 0 Å². The van der Waals surface area contributed by atoms with Gasteiger partial charge in [0.05, 0.1) is 0 Å². The van der Waals surface area contributed by atoms with Crippen molar-refractivity contribution in [3.63, 3.8) is 0 Å². The van der Waals surface area contributed by atoms with Gasteiger partial charge < -0.3 is 0 Å². The van der Waals surface area contributed by atoms with E-state index in [4.69, 9.17) is 0 Å². The van der Waals surface area contributed by atoms with Crippen LogP contribution in [0.5, 0.6) is 0 Å². The van der Waals surface area contributed by atoms with Gasteiger partial charge in [0.2, 0.25) is 0 Å². The minimum absolute atomic E-state index is 1.23. The van der Waals surface area contributed by atoms with Crippen LogP contribution < -0.4 is 0 Å². The highest BCUT2D eigenvalue weighted by atomic mass is 32.1. The van der Waals surface area contributed by atoms with Crippen molar-refractivity contribution < 1.29 is 0 Å². The van der Waals surface area contributed by atoms with E-state index in [9.17, 15) is 0 Å². The van der Waals surface area contributed by atoms with Crippen molar-refractivity contribution >= 4 is 95.3 Å². The second-order valence-corrected chi connectivity index (χ2v) is 15.3. The van der Waals surface area contributed by atoms with Gasteiger partial charge in [-0.1, -0.05) is 133 Å². The van der Waals surface area contributed by atoms with Gasteiger partial charge >= 0.3 is 0 Å². The van der Waals surface area contributed by atoms with Crippen LogP contribution >= 0.6 is 22.7 Å². The molecule has 0 aliphatic heterocycles. The maximum absolute atomic E-state index is 2.45. The zero-order valence-electron chi connectivity index (χ0n) is 27.0. The highest BCUT2D eigenvalue weighted by Gasteiger charge is 2.18. The summed E-state index contributed by atoms with van der Waals surface area (Å²) >= 11 is 3.81. The van der Waals surface area contributed by atoms with E-state index in [1.807, 2.05) is 22.7 Å². The first-order chi connectivity index (χ1) is 24.8. The fraction of sp³-hybridized carbons (Fsp3) is 0. The average molecular weight is 669 g/mol. The molecule has 0 spiro atoms. The first kappa shape index (κ1) is 28.1. The topological polar surface area (TPSA) is 0 Å². The maximum atomic E-state index is 2.45. The summed E-state index contributed by atoms with van der Waals surface area (Å²) in [6.07, 6.45) is 0. The van der Waals surface area contributed by atoms with Crippen LogP contribution in [-0.2, 0) is 0 Å². The molecule has 0 nitrogen and oxygen atoms in total. The highest BCUT2D eigenvalue weighted by Crippen LogP contribution is 2.47. The summed E-state index contributed by atoms with van der Waals surface area (Å²) in [5.74, 6) is 0. The highest BCUT2D eigenvalue weighted by molar-refractivity contribution is 7.27. The monoisotopic (exact) mass is 668 g/mol. The summed E-state index contributed by atoms with van der Waals surface area (Å²) in [4.78, 5) is 0. The molecule has 0 fully saturated rings. The Balaban J connectivity index is 1.15. The molecule has 0 atom stereocenters. The SMILES string of the molecule is c1ccc(-c2cccc(-c3c4ccccc4c(-c4ccc5sc6c7cc8c(cc7ccc6c5c4)sc4ccccc48)c4ccccc34)c2)cc1. The largest absolute Gasteiger partial charge is 0.135 e. The van der Waals surface area contributed by atoms with Crippen LogP contribution in [0.3, 0.4) is 0 Å². The molecule has 9 aromatic carbocycles. The van der Waals surface area contributed by atoms with Crippen LogP contribution in [0.4, 0.5) is 0 Å². The molecule has 0 bridgehead atoms. The van der Waals surface area contributed by atoms with E-state index < -0.39 is 0 Å². The standard InChI is InChI=1S/C48H28S2/c1-2-11-29(12-3-1)30-13-10-14-32(25-30)46-35-16-4-6-18-37(35)47(38-19-7-5-17-36(38)46)33-22-24-44-41(26-33)39-23-21-31-27-45-42(28-40(31)48(39)50-44)34-15-8-9-20-43(34)49-45/h1-28H. The fourth-order valence-electron chi connectivity index (χ4n) is 8.17. The fourth-order valence-corrected chi connectivity index (χ4v) is 10.5. The van der Waals surface area contributed by atoms with Gasteiger partial charge in [0.15, 0.2) is 0 Å². The van der Waals surface area contributed by atoms with Crippen molar-refractivity contribution in [2.45, 2.75) is 0 Å². The Bertz CT molecular complexity index is 3080. The van der Waals surface area contributed by atoms with E-state index in [-0.39, 0.29) is 0 Å². The van der Waals surface area contributed by atoms with Gasteiger partial charge in [-0.15, -0.1) is 22.7 Å². The summed E-state index contributed by atoms with van der Waals surface area (Å²) in [6, 6.07) is 63.1. The molecule has 0 radical (unpaired) electrons. The van der Waals surface area contributed by atoms with Gasteiger partial charge in [0, 0.05) is 45.7 Å². The third kappa shape index (κ3) is 4.16. The predicted octanol–water partition coefficient (Wildman–Crippen LogP) is 14.9. The minimum atomic E-state index is 1.23. The molecule has 0 amide bonds. The molecule has 2 heterocycles. The predicted molar refractivity (Wildman–Crippen MR) is 221 cm³/mol. The Morgan fingerprint density at radius 1 is 0.260 bits per heavy atom. The Morgan fingerprint density at radius 2 is 0.840 bits per heavy atom. The Morgan fingerprint density at radius 3 is 1.58 bits per heavy atom. The van der Waals surface area contributed by atoms with Crippen molar-refractivity contribution in [3.05, 3.63) is 170 Å². The lowest BCUT2D eigenvalue weighted by Gasteiger charge is -2.18. The lowest BCUT2D eigenvalue weighted by Crippen LogP contribution is -1.91. The van der Waals surface area contributed by atoms with E-state index in [0.29, 0.717) is 0 Å². The van der Waals surface area contributed by atoms with E-state index in [1.165, 1.54) is 106 Å². The number of fused-ring (bicyclic) bond motifs is 10. The van der Waals surface area contributed by atoms with Gasteiger partial charge in [-0.05, 0) is 96.7 Å². The molecule has 11 aromatic rings. The summed E-state index contributed by atoms with van der Waals surface area (Å²) in [5.41, 5.74) is 7.55. The van der Waals surface area contributed by atoms with Crippen molar-refractivity contribution in [1.82, 2.24) is 0 Å². The Kier molecular flexibility index (Phi) is 6.09. The average Bonchev–Trinajstić information content (AvgIpc) is 3.74. The second kappa shape index (κ2) is 10.9. The van der Waals surface area contributed by atoms with Crippen molar-refractivity contribution in [2.75, 3.05) is 0 Å². The lowest BCUT2D eigenvalue weighted by atomic mass is 9.85. The van der Waals surface area contributed by atoms with Gasteiger partial charge in [-0.2, -0.15) is 0 Å². The smallest absolute Gasteiger partial charge is 0.0434 e. The van der Waals surface area contributed by atoms with Crippen LogP contribution in [0.1, 0.15) is 0 Å². The third-order valence-electron chi connectivity index (χ3n) is 10.4. The summed E-state index contributed by atoms with van der Waals surface area (Å²) in [5, 5.41) is 13.1. The molecule has 0 saturated carbocycles. The number of benzene rings is 9. The molecule has 0 aliphatic carbocycles. The van der Waals surface area contributed by atoms with Crippen LogP contribution in [0, 0.1) is 0 Å². The summed E-state index contributed by atoms with van der Waals surface area (Å²) < 4.78 is 5.41. The Labute approximate surface area is 297 Å². The first-order valence-electron chi connectivity index (χ1n) is 17.1. The van der Waals surface area contributed by atoms with E-state index in [2.05, 4.69) is 170 Å². The summed E-state index contributed by atoms with van der Waals surface area (Å²) in [7, 11) is 0. The molecular weight excluding hydrogens is 641 g/mol. The van der Waals surface area contributed by atoms with Crippen LogP contribution in [-0.4, -0.2) is 0 Å². The quantitative estimate of drug-likeness (QED) is 0.164. The molecule has 2 aromatic heterocycles. The number of hydrogen-bond donors (Lipinski definition) is 0. The third-order valence-corrected chi connectivity index (χ3v) is 12.8. The minimum Gasteiger partial charge on any atom is -0.135 e. The molecular formula is C48H28S2. The lowest BCUT2D eigenvalue weighted by molar-refractivity contribution is 1.61. The van der Waals surface area contributed by atoms with Crippen LogP contribution in [0.2, 0.25) is 0 Å². The molecule has 2 heteroatoms. The van der Waals surface area contributed by atoms with Gasteiger partial charge in [0.25, 0.3) is 0 Å². The second-order valence-electron chi connectivity index (χ2n) is 13.2. The summed E-state index contributed by atoms with van der Waals surface area (Å²) in [6.45, 7) is 0. The molecule has 0 unspecified atom stereocenters. The molecule has 50 heavy (non-hydrogen) atoms. The maximum Gasteiger partial charge on any atom is 0.0434 e. The normalized spacial score (nSPS) is 12.0. The molecule has 0 saturated heterocycles. The molecule has 0 N–H and O–H groups in total.